The van der Waals surface area contributed by atoms with Crippen molar-refractivity contribution in [2.24, 2.45) is 7.05 Å². The Morgan fingerprint density at radius 2 is 2.50 bits per heavy atom. The lowest BCUT2D eigenvalue weighted by Crippen LogP contribution is -2.22. The quantitative estimate of drug-likeness (QED) is 0.770. The number of ether oxygens (including phenoxy) is 1. The van der Waals surface area contributed by atoms with Gasteiger partial charge in [0.2, 0.25) is 0 Å². The molecule has 16 heavy (non-hydrogen) atoms. The summed E-state index contributed by atoms with van der Waals surface area (Å²) in [5.41, 5.74) is 2.02. The second kappa shape index (κ2) is 4.78. The average Bonchev–Trinajstić information content (AvgIpc) is 2.88. The number of aromatic nitrogens is 2. The highest BCUT2D eigenvalue weighted by molar-refractivity contribution is 5.85. The maximum Gasteiger partial charge on any atom is 0.167 e. The zero-order valence-corrected chi connectivity index (χ0v) is 9.90. The SMILES string of the molecule is CCc1cc(CC(=O)C2CCCO2)n(C)n1. The van der Waals surface area contributed by atoms with Gasteiger partial charge in [-0.2, -0.15) is 5.10 Å². The summed E-state index contributed by atoms with van der Waals surface area (Å²) in [4.78, 5) is 11.9. The summed E-state index contributed by atoms with van der Waals surface area (Å²) in [5, 5.41) is 4.33. The van der Waals surface area contributed by atoms with Crippen molar-refractivity contribution in [3.8, 4) is 0 Å². The van der Waals surface area contributed by atoms with Crippen LogP contribution in [0.3, 0.4) is 0 Å². The van der Waals surface area contributed by atoms with Crippen LogP contribution in [0.1, 0.15) is 31.2 Å². The first-order chi connectivity index (χ1) is 7.70. The van der Waals surface area contributed by atoms with E-state index >= 15 is 0 Å². The number of nitrogens with zero attached hydrogens (tertiary/aromatic N) is 2. The Hall–Kier alpha value is -1.16. The molecular weight excluding hydrogens is 204 g/mol. The van der Waals surface area contributed by atoms with Gasteiger partial charge in [-0.1, -0.05) is 6.92 Å². The second-order valence-corrected chi connectivity index (χ2v) is 4.25. The molecule has 0 saturated carbocycles. The van der Waals surface area contributed by atoms with Crippen LogP contribution in [0.4, 0.5) is 0 Å². The van der Waals surface area contributed by atoms with Gasteiger partial charge >= 0.3 is 0 Å². The van der Waals surface area contributed by atoms with E-state index in [2.05, 4.69) is 12.0 Å². The van der Waals surface area contributed by atoms with Crippen molar-refractivity contribution in [2.45, 2.75) is 38.7 Å². The minimum absolute atomic E-state index is 0.181. The number of hydrogen-bond acceptors (Lipinski definition) is 3. The first-order valence-electron chi connectivity index (χ1n) is 5.86. The van der Waals surface area contributed by atoms with E-state index in [1.165, 1.54) is 0 Å². The van der Waals surface area contributed by atoms with E-state index in [1.54, 1.807) is 4.68 Å². The van der Waals surface area contributed by atoms with Crippen LogP contribution >= 0.6 is 0 Å². The molecule has 1 fully saturated rings. The lowest BCUT2D eigenvalue weighted by atomic mass is 10.1. The molecule has 1 aliphatic rings. The maximum atomic E-state index is 11.9. The van der Waals surface area contributed by atoms with Crippen molar-refractivity contribution in [1.29, 1.82) is 0 Å². The van der Waals surface area contributed by atoms with Crippen LogP contribution in [-0.4, -0.2) is 28.3 Å². The van der Waals surface area contributed by atoms with E-state index in [1.807, 2.05) is 13.1 Å². The zero-order valence-electron chi connectivity index (χ0n) is 9.90. The Morgan fingerprint density at radius 1 is 1.69 bits per heavy atom. The van der Waals surface area contributed by atoms with E-state index < -0.39 is 0 Å². The molecule has 1 aliphatic heterocycles. The van der Waals surface area contributed by atoms with Gasteiger partial charge in [-0.05, 0) is 25.3 Å². The van der Waals surface area contributed by atoms with Crippen LogP contribution < -0.4 is 0 Å². The monoisotopic (exact) mass is 222 g/mol. The largest absolute Gasteiger partial charge is 0.370 e. The zero-order chi connectivity index (χ0) is 11.5. The fraction of sp³-hybridized carbons (Fsp3) is 0.667. The summed E-state index contributed by atoms with van der Waals surface area (Å²) < 4.78 is 7.18. The van der Waals surface area contributed by atoms with Crippen molar-refractivity contribution < 1.29 is 9.53 Å². The fourth-order valence-corrected chi connectivity index (χ4v) is 2.03. The number of hydrogen-bond donors (Lipinski definition) is 0. The van der Waals surface area contributed by atoms with Gasteiger partial charge in [-0.3, -0.25) is 9.48 Å². The molecule has 2 heterocycles. The predicted molar refractivity (Wildman–Crippen MR) is 60.3 cm³/mol. The van der Waals surface area contributed by atoms with E-state index in [-0.39, 0.29) is 11.9 Å². The third-order valence-corrected chi connectivity index (χ3v) is 3.03. The molecule has 0 spiro atoms. The molecule has 0 bridgehead atoms. The minimum atomic E-state index is -0.181. The lowest BCUT2D eigenvalue weighted by molar-refractivity contribution is -0.127. The van der Waals surface area contributed by atoms with Crippen molar-refractivity contribution >= 4 is 5.78 Å². The van der Waals surface area contributed by atoms with Crippen LogP contribution in [0, 0.1) is 0 Å². The molecule has 4 heteroatoms. The van der Waals surface area contributed by atoms with E-state index in [0.717, 1.165) is 37.3 Å². The lowest BCUT2D eigenvalue weighted by Gasteiger charge is -2.07. The smallest absolute Gasteiger partial charge is 0.167 e. The average molecular weight is 222 g/mol. The van der Waals surface area contributed by atoms with Gasteiger partial charge in [0.05, 0.1) is 12.1 Å². The molecule has 4 nitrogen and oxygen atoms in total. The number of aryl methyl sites for hydroxylation is 2. The Kier molecular flexibility index (Phi) is 3.39. The molecule has 1 unspecified atom stereocenters. The second-order valence-electron chi connectivity index (χ2n) is 4.25. The van der Waals surface area contributed by atoms with Crippen molar-refractivity contribution in [3.05, 3.63) is 17.5 Å². The first-order valence-corrected chi connectivity index (χ1v) is 5.86. The number of rotatable bonds is 4. The predicted octanol–water partition coefficient (Wildman–Crippen LogP) is 1.27. The third kappa shape index (κ3) is 2.32. The van der Waals surface area contributed by atoms with Crippen molar-refractivity contribution in [1.82, 2.24) is 9.78 Å². The summed E-state index contributed by atoms with van der Waals surface area (Å²) in [6.07, 6.45) is 3.04. The molecule has 0 aromatic carbocycles. The molecule has 1 aromatic rings. The Balaban J connectivity index is 2.02. The van der Waals surface area contributed by atoms with E-state index in [9.17, 15) is 4.79 Å². The topological polar surface area (TPSA) is 44.1 Å². The van der Waals surface area contributed by atoms with Crippen molar-refractivity contribution in [2.75, 3.05) is 6.61 Å². The normalized spacial score (nSPS) is 20.2. The molecule has 1 aromatic heterocycles. The summed E-state index contributed by atoms with van der Waals surface area (Å²) in [6.45, 7) is 2.79. The highest BCUT2D eigenvalue weighted by atomic mass is 16.5. The van der Waals surface area contributed by atoms with E-state index in [4.69, 9.17) is 4.74 Å². The number of ketones is 1. The Morgan fingerprint density at radius 3 is 3.06 bits per heavy atom. The molecule has 1 saturated heterocycles. The van der Waals surface area contributed by atoms with Gasteiger partial charge in [0, 0.05) is 19.3 Å². The summed E-state index contributed by atoms with van der Waals surface area (Å²) in [7, 11) is 1.89. The molecule has 0 radical (unpaired) electrons. The molecule has 2 rings (SSSR count). The third-order valence-electron chi connectivity index (χ3n) is 3.03. The molecular formula is C12H18N2O2. The van der Waals surface area contributed by atoms with E-state index in [0.29, 0.717) is 6.42 Å². The molecule has 1 atom stereocenters. The standard InChI is InChI=1S/C12H18N2O2/c1-3-9-7-10(14(2)13-9)8-11(15)12-5-4-6-16-12/h7,12H,3-6,8H2,1-2H3. The number of Topliss-reactive ketones (excluding diaryl/α,β-unsaturated/α-hetero) is 1. The summed E-state index contributed by atoms with van der Waals surface area (Å²) in [5.74, 6) is 0.183. The minimum Gasteiger partial charge on any atom is -0.370 e. The van der Waals surface area contributed by atoms with Gasteiger partial charge in [0.1, 0.15) is 6.10 Å². The molecule has 0 aliphatic carbocycles. The first kappa shape index (κ1) is 11.3. The highest BCUT2D eigenvalue weighted by Gasteiger charge is 2.24. The highest BCUT2D eigenvalue weighted by Crippen LogP contribution is 2.15. The van der Waals surface area contributed by atoms with Crippen LogP contribution in [0.15, 0.2) is 6.07 Å². The summed E-state index contributed by atoms with van der Waals surface area (Å²) >= 11 is 0. The Bertz CT molecular complexity index is 378. The summed E-state index contributed by atoms with van der Waals surface area (Å²) in [6, 6.07) is 2.01. The van der Waals surface area contributed by atoms with Gasteiger partial charge in [-0.15, -0.1) is 0 Å². The maximum absolute atomic E-state index is 11.9. The number of carbonyl (C=O) groups is 1. The molecule has 0 N–H and O–H groups in total. The molecule has 0 amide bonds. The van der Waals surface area contributed by atoms with Gasteiger partial charge in [0.15, 0.2) is 5.78 Å². The number of carbonyl (C=O) groups excluding carboxylic acids is 1. The van der Waals surface area contributed by atoms with Crippen LogP contribution in [-0.2, 0) is 29.4 Å². The van der Waals surface area contributed by atoms with Crippen LogP contribution in [0.25, 0.3) is 0 Å². The molecule has 88 valence electrons. The van der Waals surface area contributed by atoms with Gasteiger partial charge in [0.25, 0.3) is 0 Å². The van der Waals surface area contributed by atoms with Crippen LogP contribution in [0.5, 0.6) is 0 Å². The van der Waals surface area contributed by atoms with Gasteiger partial charge < -0.3 is 4.74 Å². The van der Waals surface area contributed by atoms with Crippen molar-refractivity contribution in [3.63, 3.8) is 0 Å². The Labute approximate surface area is 95.6 Å². The van der Waals surface area contributed by atoms with Crippen LogP contribution in [0.2, 0.25) is 0 Å². The van der Waals surface area contributed by atoms with Gasteiger partial charge in [-0.25, -0.2) is 0 Å². The fourth-order valence-electron chi connectivity index (χ4n) is 2.03.